The minimum Gasteiger partial charge on any atom is -0.345 e. The number of hydrazine groups is 2. The first-order valence-electron chi connectivity index (χ1n) is 12.6. The van der Waals surface area contributed by atoms with Crippen molar-refractivity contribution in [2.45, 2.75) is 51.4 Å². The van der Waals surface area contributed by atoms with Crippen molar-refractivity contribution in [1.29, 1.82) is 0 Å². The van der Waals surface area contributed by atoms with E-state index in [9.17, 15) is 31.5 Å². The Balaban J connectivity index is 1.19. The van der Waals surface area contributed by atoms with E-state index in [2.05, 4.69) is 41.8 Å². The maximum Gasteiger partial charge on any atom is 0.416 e. The highest BCUT2D eigenvalue weighted by Crippen LogP contribution is 2.29. The molecule has 3 aromatic rings. The van der Waals surface area contributed by atoms with E-state index in [1.165, 1.54) is 18.1 Å². The van der Waals surface area contributed by atoms with Gasteiger partial charge in [0.05, 0.1) is 42.3 Å². The average molecular weight is 612 g/mol. The Morgan fingerprint density at radius 3 is 2.60 bits per heavy atom. The van der Waals surface area contributed by atoms with Crippen LogP contribution in [0.5, 0.6) is 0 Å². The summed E-state index contributed by atoms with van der Waals surface area (Å²) in [4.78, 5) is 32.7. The van der Waals surface area contributed by atoms with E-state index in [1.54, 1.807) is 18.2 Å². The van der Waals surface area contributed by atoms with Gasteiger partial charge in [-0.05, 0) is 37.6 Å². The summed E-state index contributed by atoms with van der Waals surface area (Å²) < 4.78 is 66.6. The van der Waals surface area contributed by atoms with Gasteiger partial charge in [0.25, 0.3) is 11.8 Å². The van der Waals surface area contributed by atoms with Crippen LogP contribution in [0.15, 0.2) is 48.4 Å². The first kappa shape index (κ1) is 30.7. The molecule has 2 amide bonds. The van der Waals surface area contributed by atoms with Gasteiger partial charge in [0.2, 0.25) is 5.01 Å². The largest absolute Gasteiger partial charge is 0.416 e. The molecule has 1 aliphatic heterocycles. The number of hydrogen-bond donors (Lipinski definition) is 4. The van der Waals surface area contributed by atoms with Gasteiger partial charge in [0, 0.05) is 18.8 Å². The number of carbonyl (C=O) groups is 2. The fourth-order valence-corrected chi connectivity index (χ4v) is 4.45. The second-order valence-electron chi connectivity index (χ2n) is 9.14. The van der Waals surface area contributed by atoms with Gasteiger partial charge < -0.3 is 10.6 Å². The van der Waals surface area contributed by atoms with Crippen LogP contribution < -0.4 is 21.6 Å². The standard InChI is InChI=1S/C25H26F5N9O2S/c1-14(26)19-4-2-3-17(34-19)10-33-23(41)24-37-36-21(42-24)6-5-16(27)12-39-13-20(35-38-39)22(40)32-11-18-9-15(7-8-31-18)25(28,29)30/h2-4,7-9,13-14,16,35,38H,5-6,10-12H2,1H3,(H,32,40)(H,33,41). The first-order chi connectivity index (χ1) is 20.0. The van der Waals surface area contributed by atoms with Gasteiger partial charge in [-0.15, -0.1) is 15.7 Å². The molecule has 0 fully saturated rings. The topological polar surface area (TPSA) is 137 Å². The van der Waals surface area contributed by atoms with Crippen molar-refractivity contribution in [3.63, 3.8) is 0 Å². The molecule has 0 bridgehead atoms. The number of nitrogens with zero attached hydrogens (tertiary/aromatic N) is 5. The van der Waals surface area contributed by atoms with Gasteiger partial charge in [-0.25, -0.2) is 8.78 Å². The molecule has 3 aromatic heterocycles. The van der Waals surface area contributed by atoms with E-state index in [4.69, 9.17) is 0 Å². The average Bonchev–Trinajstić information content (AvgIpc) is 3.63. The lowest BCUT2D eigenvalue weighted by Crippen LogP contribution is -2.41. The molecule has 4 N–H and O–H groups in total. The van der Waals surface area contributed by atoms with Crippen LogP contribution in [0.25, 0.3) is 0 Å². The van der Waals surface area contributed by atoms with Crippen molar-refractivity contribution in [2.75, 3.05) is 6.54 Å². The van der Waals surface area contributed by atoms with Crippen LogP contribution in [-0.2, 0) is 30.5 Å². The Morgan fingerprint density at radius 1 is 1.07 bits per heavy atom. The SMILES string of the molecule is CC(F)c1cccc(CNC(=O)c2nnc(CCC(F)CN3C=C(C(=O)NCc4cc(C(F)(F)F)ccn4)NN3)s2)n1. The first-order valence-corrected chi connectivity index (χ1v) is 13.4. The summed E-state index contributed by atoms with van der Waals surface area (Å²) >= 11 is 1.02. The Labute approximate surface area is 240 Å². The number of alkyl halides is 5. The third kappa shape index (κ3) is 8.62. The smallest absolute Gasteiger partial charge is 0.345 e. The summed E-state index contributed by atoms with van der Waals surface area (Å²) in [6.07, 6.45) is -4.49. The van der Waals surface area contributed by atoms with Gasteiger partial charge in [-0.2, -0.15) is 13.2 Å². The normalized spacial score (nSPS) is 14.6. The second-order valence-corrected chi connectivity index (χ2v) is 10.2. The lowest BCUT2D eigenvalue weighted by atomic mass is 10.2. The maximum atomic E-state index is 14.6. The summed E-state index contributed by atoms with van der Waals surface area (Å²) in [6.45, 7) is 1.08. The number of carbonyl (C=O) groups excluding carboxylic acids is 2. The molecule has 0 aliphatic carbocycles. The minimum atomic E-state index is -4.53. The number of amides is 2. The number of aromatic nitrogens is 4. The second kappa shape index (κ2) is 13.6. The van der Waals surface area contributed by atoms with Gasteiger partial charge in [0.15, 0.2) is 0 Å². The molecule has 17 heteroatoms. The van der Waals surface area contributed by atoms with Crippen LogP contribution in [0.2, 0.25) is 0 Å². The number of hydrogen-bond acceptors (Lipinski definition) is 10. The van der Waals surface area contributed by atoms with Gasteiger partial charge in [0.1, 0.15) is 23.0 Å². The van der Waals surface area contributed by atoms with Crippen LogP contribution >= 0.6 is 11.3 Å². The zero-order chi connectivity index (χ0) is 30.3. The molecule has 4 heterocycles. The summed E-state index contributed by atoms with van der Waals surface area (Å²) in [5.41, 5.74) is 5.14. The molecule has 42 heavy (non-hydrogen) atoms. The molecule has 1 aliphatic rings. The number of nitrogens with one attached hydrogen (secondary N) is 4. The highest BCUT2D eigenvalue weighted by molar-refractivity contribution is 7.13. The predicted molar refractivity (Wildman–Crippen MR) is 140 cm³/mol. The lowest BCUT2D eigenvalue weighted by Gasteiger charge is -2.17. The lowest BCUT2D eigenvalue weighted by molar-refractivity contribution is -0.137. The van der Waals surface area contributed by atoms with Gasteiger partial charge in [-0.3, -0.25) is 30.0 Å². The van der Waals surface area contributed by atoms with Crippen molar-refractivity contribution in [1.82, 2.24) is 46.8 Å². The van der Waals surface area contributed by atoms with E-state index in [1.807, 2.05) is 0 Å². The molecule has 11 nitrogen and oxygen atoms in total. The highest BCUT2D eigenvalue weighted by atomic mass is 32.1. The summed E-state index contributed by atoms with van der Waals surface area (Å²) in [5.74, 6) is -1.11. The zero-order valence-electron chi connectivity index (χ0n) is 22.1. The van der Waals surface area contributed by atoms with Crippen LogP contribution in [0.1, 0.15) is 57.0 Å². The fraction of sp³-hybridized carbons (Fsp3) is 0.360. The van der Waals surface area contributed by atoms with Crippen LogP contribution in [0, 0.1) is 0 Å². The number of aryl methyl sites for hydroxylation is 1. The molecule has 2 atom stereocenters. The molecular formula is C25H26F5N9O2S. The number of halogens is 5. The monoisotopic (exact) mass is 611 g/mol. The molecule has 4 rings (SSSR count). The van der Waals surface area contributed by atoms with Crippen molar-refractivity contribution >= 4 is 23.2 Å². The molecule has 224 valence electrons. The summed E-state index contributed by atoms with van der Waals surface area (Å²) in [5, 5.41) is 14.8. The van der Waals surface area contributed by atoms with Gasteiger partial charge >= 0.3 is 6.18 Å². The molecule has 0 spiro atoms. The zero-order valence-corrected chi connectivity index (χ0v) is 22.9. The van der Waals surface area contributed by atoms with Crippen molar-refractivity contribution in [2.24, 2.45) is 0 Å². The van der Waals surface area contributed by atoms with Crippen molar-refractivity contribution in [3.8, 4) is 0 Å². The number of pyridine rings is 2. The Kier molecular flexibility index (Phi) is 9.95. The molecule has 0 aromatic carbocycles. The third-order valence-electron chi connectivity index (χ3n) is 5.83. The Bertz CT molecular complexity index is 1430. The minimum absolute atomic E-state index is 0.0257. The molecule has 0 saturated carbocycles. The Hall–Kier alpha value is -4.25. The van der Waals surface area contributed by atoms with E-state index in [0.29, 0.717) is 10.7 Å². The Morgan fingerprint density at radius 2 is 1.83 bits per heavy atom. The van der Waals surface area contributed by atoms with Crippen LogP contribution in [0.3, 0.4) is 0 Å². The number of rotatable bonds is 12. The van der Waals surface area contributed by atoms with Crippen LogP contribution in [-0.4, -0.2) is 49.7 Å². The van der Waals surface area contributed by atoms with Crippen molar-refractivity contribution < 1.29 is 31.5 Å². The fourth-order valence-electron chi connectivity index (χ4n) is 3.68. The summed E-state index contributed by atoms with van der Waals surface area (Å²) in [7, 11) is 0. The predicted octanol–water partition coefficient (Wildman–Crippen LogP) is 3.06. The molecule has 0 saturated heterocycles. The molecule has 0 radical (unpaired) electrons. The van der Waals surface area contributed by atoms with Crippen LogP contribution in [0.4, 0.5) is 22.0 Å². The van der Waals surface area contributed by atoms with Gasteiger partial charge in [-0.1, -0.05) is 17.4 Å². The highest BCUT2D eigenvalue weighted by Gasteiger charge is 2.30. The third-order valence-corrected chi connectivity index (χ3v) is 6.81. The molecular weight excluding hydrogens is 585 g/mol. The van der Waals surface area contributed by atoms with E-state index >= 15 is 0 Å². The van der Waals surface area contributed by atoms with E-state index in [0.717, 1.165) is 29.7 Å². The van der Waals surface area contributed by atoms with E-state index in [-0.39, 0.29) is 54.6 Å². The summed E-state index contributed by atoms with van der Waals surface area (Å²) in [6, 6.07) is 6.54. The maximum absolute atomic E-state index is 14.6. The van der Waals surface area contributed by atoms with E-state index < -0.39 is 35.9 Å². The molecule has 2 unspecified atom stereocenters. The quantitative estimate of drug-likeness (QED) is 0.228. The van der Waals surface area contributed by atoms with Crippen molar-refractivity contribution in [3.05, 3.63) is 81.1 Å².